The summed E-state index contributed by atoms with van der Waals surface area (Å²) in [4.78, 5) is 30.4. The van der Waals surface area contributed by atoms with E-state index in [1.807, 2.05) is 26.2 Å². The number of hydrogen-bond donors (Lipinski definition) is 1. The molecule has 0 spiro atoms. The number of aryl methyl sites for hydroxylation is 1. The van der Waals surface area contributed by atoms with Gasteiger partial charge in [0, 0.05) is 11.1 Å². The van der Waals surface area contributed by atoms with Crippen molar-refractivity contribution in [3.63, 3.8) is 0 Å². The van der Waals surface area contributed by atoms with Crippen LogP contribution in [0.4, 0.5) is 0 Å². The van der Waals surface area contributed by atoms with Crippen molar-refractivity contribution in [2.45, 2.75) is 45.7 Å². The molecule has 0 radical (unpaired) electrons. The first-order chi connectivity index (χ1) is 8.87. The minimum absolute atomic E-state index is 0.0325. The molecule has 0 bridgehead atoms. The Morgan fingerprint density at radius 2 is 2.26 bits per heavy atom. The maximum atomic E-state index is 12.5. The smallest absolute Gasteiger partial charge is 0.249 e. The lowest BCUT2D eigenvalue weighted by Gasteiger charge is -2.41. The first kappa shape index (κ1) is 14.0. The Kier molecular flexibility index (Phi) is 3.62. The van der Waals surface area contributed by atoms with E-state index in [9.17, 15) is 9.59 Å². The molecule has 0 aromatic carbocycles. The van der Waals surface area contributed by atoms with Crippen molar-refractivity contribution in [1.29, 1.82) is 0 Å². The van der Waals surface area contributed by atoms with E-state index in [2.05, 4.69) is 10.3 Å². The zero-order valence-electron chi connectivity index (χ0n) is 11.7. The van der Waals surface area contributed by atoms with Crippen molar-refractivity contribution in [3.8, 4) is 0 Å². The quantitative estimate of drug-likeness (QED) is 0.916. The predicted octanol–water partition coefficient (Wildman–Crippen LogP) is 1.64. The van der Waals surface area contributed by atoms with Crippen LogP contribution in [0, 0.1) is 6.92 Å². The highest BCUT2D eigenvalue weighted by atomic mass is 32.1. The molecule has 2 heterocycles. The van der Waals surface area contributed by atoms with Gasteiger partial charge in [-0.15, -0.1) is 11.3 Å². The second-order valence-corrected chi connectivity index (χ2v) is 6.06. The van der Waals surface area contributed by atoms with Crippen molar-refractivity contribution in [3.05, 3.63) is 16.1 Å². The summed E-state index contributed by atoms with van der Waals surface area (Å²) in [5.41, 5.74) is 0.148. The zero-order chi connectivity index (χ0) is 14.2. The monoisotopic (exact) mass is 281 g/mol. The van der Waals surface area contributed by atoms with Gasteiger partial charge < -0.3 is 10.2 Å². The van der Waals surface area contributed by atoms with E-state index in [0.29, 0.717) is 6.42 Å². The molecule has 2 rings (SSSR count). The minimum Gasteiger partial charge on any atom is -0.340 e. The summed E-state index contributed by atoms with van der Waals surface area (Å²) in [6, 6.07) is -0.164. The number of nitrogens with one attached hydrogen (secondary N) is 1. The fourth-order valence-electron chi connectivity index (χ4n) is 2.19. The highest BCUT2D eigenvalue weighted by Crippen LogP contribution is 2.28. The molecule has 2 unspecified atom stereocenters. The largest absolute Gasteiger partial charge is 0.340 e. The van der Waals surface area contributed by atoms with Crippen LogP contribution in [0.25, 0.3) is 0 Å². The third-order valence-corrected chi connectivity index (χ3v) is 4.76. The fourth-order valence-corrected chi connectivity index (χ4v) is 3.06. The molecule has 2 amide bonds. The number of thiazole rings is 1. The molecule has 1 aromatic rings. The Hall–Kier alpha value is -1.43. The van der Waals surface area contributed by atoms with E-state index in [4.69, 9.17) is 0 Å². The van der Waals surface area contributed by atoms with E-state index in [1.54, 1.807) is 11.8 Å². The predicted molar refractivity (Wildman–Crippen MR) is 73.8 cm³/mol. The van der Waals surface area contributed by atoms with E-state index in [-0.39, 0.29) is 24.4 Å². The molecular weight excluding hydrogens is 262 g/mol. The van der Waals surface area contributed by atoms with Crippen LogP contribution in [0.5, 0.6) is 0 Å². The highest BCUT2D eigenvalue weighted by Gasteiger charge is 2.43. The Morgan fingerprint density at radius 3 is 2.79 bits per heavy atom. The van der Waals surface area contributed by atoms with E-state index >= 15 is 0 Å². The number of carbonyl (C=O) groups excluding carboxylic acids is 2. The maximum absolute atomic E-state index is 12.5. The summed E-state index contributed by atoms with van der Waals surface area (Å²) in [6.07, 6.45) is 0.581. The summed E-state index contributed by atoms with van der Waals surface area (Å²) < 4.78 is 0. The van der Waals surface area contributed by atoms with Crippen LogP contribution in [-0.2, 0) is 9.59 Å². The van der Waals surface area contributed by atoms with Gasteiger partial charge in [-0.25, -0.2) is 4.98 Å². The number of nitrogens with zero attached hydrogens (tertiary/aromatic N) is 2. The van der Waals surface area contributed by atoms with Crippen LogP contribution in [0.2, 0.25) is 0 Å². The van der Waals surface area contributed by atoms with Gasteiger partial charge in [-0.05, 0) is 27.2 Å². The van der Waals surface area contributed by atoms with Crippen LogP contribution in [0.1, 0.15) is 43.9 Å². The molecule has 1 aliphatic rings. The van der Waals surface area contributed by atoms with Gasteiger partial charge in [0.2, 0.25) is 11.8 Å². The molecule has 1 saturated heterocycles. The van der Waals surface area contributed by atoms with Crippen molar-refractivity contribution in [1.82, 2.24) is 15.2 Å². The summed E-state index contributed by atoms with van der Waals surface area (Å²) >= 11 is 1.53. The van der Waals surface area contributed by atoms with Crippen LogP contribution in [0.3, 0.4) is 0 Å². The third kappa shape index (κ3) is 2.49. The van der Waals surface area contributed by atoms with E-state index in [0.717, 1.165) is 10.7 Å². The van der Waals surface area contributed by atoms with E-state index < -0.39 is 5.54 Å². The summed E-state index contributed by atoms with van der Waals surface area (Å²) in [5, 5.41) is 5.62. The number of hydrogen-bond acceptors (Lipinski definition) is 4. The van der Waals surface area contributed by atoms with Gasteiger partial charge in [0.15, 0.2) is 0 Å². The third-order valence-electron chi connectivity index (χ3n) is 3.63. The Morgan fingerprint density at radius 1 is 1.58 bits per heavy atom. The Labute approximate surface area is 117 Å². The van der Waals surface area contributed by atoms with Gasteiger partial charge >= 0.3 is 0 Å². The minimum atomic E-state index is -0.796. The lowest BCUT2D eigenvalue weighted by atomic mass is 9.93. The SMILES string of the molecule is CCC1(C)NC(=O)CN(C(C)c2nc(C)cs2)C1=O. The van der Waals surface area contributed by atoms with Gasteiger partial charge in [-0.2, -0.15) is 0 Å². The topological polar surface area (TPSA) is 62.3 Å². The molecule has 1 aromatic heterocycles. The molecule has 6 heteroatoms. The zero-order valence-corrected chi connectivity index (χ0v) is 12.5. The molecule has 1 aliphatic heterocycles. The number of rotatable bonds is 3. The van der Waals surface area contributed by atoms with Crippen LogP contribution in [0.15, 0.2) is 5.38 Å². The van der Waals surface area contributed by atoms with Crippen LogP contribution < -0.4 is 5.32 Å². The average molecular weight is 281 g/mol. The molecule has 5 nitrogen and oxygen atoms in total. The van der Waals surface area contributed by atoms with Crippen molar-refractivity contribution < 1.29 is 9.59 Å². The Balaban J connectivity index is 2.28. The Bertz CT molecular complexity index is 514. The molecule has 1 fully saturated rings. The normalized spacial score (nSPS) is 25.4. The summed E-state index contributed by atoms with van der Waals surface area (Å²) in [6.45, 7) is 7.63. The van der Waals surface area contributed by atoms with Crippen LogP contribution >= 0.6 is 11.3 Å². The molecule has 104 valence electrons. The van der Waals surface area contributed by atoms with Gasteiger partial charge in [0.1, 0.15) is 17.1 Å². The molecule has 0 saturated carbocycles. The number of piperazine rings is 1. The molecule has 1 N–H and O–H groups in total. The summed E-state index contributed by atoms with van der Waals surface area (Å²) in [7, 11) is 0. The van der Waals surface area contributed by atoms with Gasteiger partial charge in [-0.3, -0.25) is 9.59 Å². The highest BCUT2D eigenvalue weighted by molar-refractivity contribution is 7.09. The van der Waals surface area contributed by atoms with Gasteiger partial charge in [-0.1, -0.05) is 6.92 Å². The standard InChI is InChI=1S/C13H19N3O2S/c1-5-13(4)12(18)16(6-10(17)15-13)9(3)11-14-8(2)7-19-11/h7,9H,5-6H2,1-4H3,(H,15,17). The lowest BCUT2D eigenvalue weighted by molar-refractivity contribution is -0.151. The maximum Gasteiger partial charge on any atom is 0.249 e. The molecule has 2 atom stereocenters. The number of carbonyl (C=O) groups is 2. The first-order valence-corrected chi connectivity index (χ1v) is 7.29. The summed E-state index contributed by atoms with van der Waals surface area (Å²) in [5.74, 6) is -0.140. The van der Waals surface area contributed by atoms with Crippen molar-refractivity contribution >= 4 is 23.2 Å². The van der Waals surface area contributed by atoms with E-state index in [1.165, 1.54) is 11.3 Å². The fraction of sp³-hybridized carbons (Fsp3) is 0.615. The first-order valence-electron chi connectivity index (χ1n) is 6.41. The lowest BCUT2D eigenvalue weighted by Crippen LogP contribution is -2.65. The molecule has 19 heavy (non-hydrogen) atoms. The molecule has 0 aliphatic carbocycles. The number of amides is 2. The van der Waals surface area contributed by atoms with Crippen LogP contribution in [-0.4, -0.2) is 33.8 Å². The van der Waals surface area contributed by atoms with Gasteiger partial charge in [0.05, 0.1) is 6.04 Å². The van der Waals surface area contributed by atoms with Crippen molar-refractivity contribution in [2.24, 2.45) is 0 Å². The van der Waals surface area contributed by atoms with Crippen molar-refractivity contribution in [2.75, 3.05) is 6.54 Å². The average Bonchev–Trinajstić information content (AvgIpc) is 2.79. The second-order valence-electron chi connectivity index (χ2n) is 5.17. The second kappa shape index (κ2) is 4.92. The molecular formula is C13H19N3O2S. The number of aromatic nitrogens is 1. The van der Waals surface area contributed by atoms with Gasteiger partial charge in [0.25, 0.3) is 0 Å².